The second kappa shape index (κ2) is 5.43. The topological polar surface area (TPSA) is 40.7 Å². The van der Waals surface area contributed by atoms with Crippen molar-refractivity contribution < 1.29 is 4.39 Å². The molecule has 0 amide bonds. The lowest BCUT2D eigenvalue weighted by Crippen LogP contribution is -2.10. The van der Waals surface area contributed by atoms with E-state index in [1.54, 1.807) is 6.07 Å². The molecule has 0 bridgehead atoms. The maximum Gasteiger partial charge on any atom is 0.151 e. The van der Waals surface area contributed by atoms with Gasteiger partial charge >= 0.3 is 0 Å². The van der Waals surface area contributed by atoms with Crippen molar-refractivity contribution in [2.75, 3.05) is 13.6 Å². The van der Waals surface area contributed by atoms with Gasteiger partial charge in [0.15, 0.2) is 5.82 Å². The molecule has 0 saturated heterocycles. The fraction of sp³-hybridized carbons (Fsp3) is 0.188. The molecule has 0 atom stereocenters. The second-order valence-electron chi connectivity index (χ2n) is 4.73. The Balaban J connectivity index is 2.08. The number of H-pyrrole nitrogens is 1. The lowest BCUT2D eigenvalue weighted by Gasteiger charge is -2.06. The quantitative estimate of drug-likeness (QED) is 0.764. The Kier molecular flexibility index (Phi) is 3.48. The molecule has 2 aromatic carbocycles. The molecule has 0 spiro atoms. The zero-order valence-corrected chi connectivity index (χ0v) is 11.3. The molecule has 1 aromatic heterocycles. The Labute approximate surface area is 116 Å². The van der Waals surface area contributed by atoms with E-state index >= 15 is 0 Å². The van der Waals surface area contributed by atoms with E-state index in [0.29, 0.717) is 5.52 Å². The standard InChI is InChI=1S/C16H16FN3/c1-18-10-9-11-5-2-3-6-12(11)16-19-14-8-4-7-13(17)15(14)20-16/h2-8,18H,9-10H2,1H3,(H,19,20). The van der Waals surface area contributed by atoms with Crippen LogP contribution in [0.25, 0.3) is 22.4 Å². The van der Waals surface area contributed by atoms with Crippen molar-refractivity contribution in [2.24, 2.45) is 0 Å². The first-order valence-electron chi connectivity index (χ1n) is 6.66. The molecule has 0 unspecified atom stereocenters. The van der Waals surface area contributed by atoms with Gasteiger partial charge in [-0.15, -0.1) is 0 Å². The van der Waals surface area contributed by atoms with Crippen LogP contribution in [0.2, 0.25) is 0 Å². The van der Waals surface area contributed by atoms with Gasteiger partial charge in [0, 0.05) is 5.56 Å². The minimum Gasteiger partial charge on any atom is -0.338 e. The highest BCUT2D eigenvalue weighted by Gasteiger charge is 2.11. The van der Waals surface area contributed by atoms with E-state index in [1.165, 1.54) is 11.6 Å². The number of nitrogens with zero attached hydrogens (tertiary/aromatic N) is 1. The molecule has 0 saturated carbocycles. The van der Waals surface area contributed by atoms with Crippen LogP contribution in [0.15, 0.2) is 42.5 Å². The first-order chi connectivity index (χ1) is 9.79. The Morgan fingerprint density at radius 1 is 1.15 bits per heavy atom. The molecule has 2 N–H and O–H groups in total. The molecule has 3 nitrogen and oxygen atoms in total. The van der Waals surface area contributed by atoms with Gasteiger partial charge in [-0.3, -0.25) is 0 Å². The number of aromatic nitrogens is 2. The van der Waals surface area contributed by atoms with Crippen LogP contribution in [0.5, 0.6) is 0 Å². The number of para-hydroxylation sites is 1. The molecule has 3 rings (SSSR count). The molecule has 0 aliphatic heterocycles. The van der Waals surface area contributed by atoms with Crippen molar-refractivity contribution in [3.63, 3.8) is 0 Å². The monoisotopic (exact) mass is 269 g/mol. The molecule has 0 aliphatic rings. The Morgan fingerprint density at radius 2 is 2.00 bits per heavy atom. The van der Waals surface area contributed by atoms with E-state index in [0.717, 1.165) is 29.9 Å². The van der Waals surface area contributed by atoms with Gasteiger partial charge in [0.2, 0.25) is 0 Å². The van der Waals surface area contributed by atoms with Crippen LogP contribution in [0.3, 0.4) is 0 Å². The van der Waals surface area contributed by atoms with Crippen molar-refractivity contribution in [3.8, 4) is 11.4 Å². The maximum atomic E-state index is 13.7. The molecular weight excluding hydrogens is 253 g/mol. The second-order valence-corrected chi connectivity index (χ2v) is 4.73. The van der Waals surface area contributed by atoms with Crippen LogP contribution < -0.4 is 5.32 Å². The van der Waals surface area contributed by atoms with Gasteiger partial charge in [0.1, 0.15) is 11.3 Å². The normalized spacial score (nSPS) is 11.1. The van der Waals surface area contributed by atoms with E-state index in [4.69, 9.17) is 0 Å². The minimum atomic E-state index is -0.294. The van der Waals surface area contributed by atoms with E-state index in [1.807, 2.05) is 31.3 Å². The average molecular weight is 269 g/mol. The van der Waals surface area contributed by atoms with Crippen molar-refractivity contribution in [1.29, 1.82) is 0 Å². The molecule has 20 heavy (non-hydrogen) atoms. The third-order valence-corrected chi connectivity index (χ3v) is 3.38. The third kappa shape index (κ3) is 2.30. The van der Waals surface area contributed by atoms with Crippen LogP contribution in [-0.4, -0.2) is 23.6 Å². The molecular formula is C16H16FN3. The number of fused-ring (bicyclic) bond motifs is 1. The van der Waals surface area contributed by atoms with Crippen molar-refractivity contribution >= 4 is 11.0 Å². The van der Waals surface area contributed by atoms with Crippen molar-refractivity contribution in [1.82, 2.24) is 15.3 Å². The predicted molar refractivity (Wildman–Crippen MR) is 79.1 cm³/mol. The fourth-order valence-electron chi connectivity index (χ4n) is 2.35. The highest BCUT2D eigenvalue weighted by atomic mass is 19.1. The highest BCUT2D eigenvalue weighted by molar-refractivity contribution is 5.80. The number of likely N-dealkylation sites (N-methyl/N-ethyl adjacent to an activating group) is 1. The molecule has 0 aliphatic carbocycles. The summed E-state index contributed by atoms with van der Waals surface area (Å²) in [6, 6.07) is 13.0. The van der Waals surface area contributed by atoms with E-state index in [9.17, 15) is 4.39 Å². The summed E-state index contributed by atoms with van der Waals surface area (Å²) >= 11 is 0. The number of halogens is 1. The summed E-state index contributed by atoms with van der Waals surface area (Å²) in [4.78, 5) is 7.60. The van der Waals surface area contributed by atoms with Gasteiger partial charge in [0.05, 0.1) is 5.52 Å². The van der Waals surface area contributed by atoms with Gasteiger partial charge in [0.25, 0.3) is 0 Å². The van der Waals surface area contributed by atoms with Gasteiger partial charge in [-0.25, -0.2) is 9.37 Å². The molecule has 0 radical (unpaired) electrons. The number of aromatic amines is 1. The van der Waals surface area contributed by atoms with Crippen LogP contribution >= 0.6 is 0 Å². The van der Waals surface area contributed by atoms with Gasteiger partial charge in [-0.1, -0.05) is 30.3 Å². The van der Waals surface area contributed by atoms with E-state index in [2.05, 4.69) is 21.4 Å². The van der Waals surface area contributed by atoms with E-state index < -0.39 is 0 Å². The Bertz CT molecular complexity index is 733. The number of benzene rings is 2. The number of rotatable bonds is 4. The smallest absolute Gasteiger partial charge is 0.151 e. The van der Waals surface area contributed by atoms with Crippen molar-refractivity contribution in [2.45, 2.75) is 6.42 Å². The molecule has 4 heteroatoms. The predicted octanol–water partition coefficient (Wildman–Crippen LogP) is 3.13. The number of hydrogen-bond donors (Lipinski definition) is 2. The summed E-state index contributed by atoms with van der Waals surface area (Å²) in [6.45, 7) is 0.894. The Hall–Kier alpha value is -2.20. The zero-order valence-electron chi connectivity index (χ0n) is 11.3. The number of nitrogens with one attached hydrogen (secondary N) is 2. The average Bonchev–Trinajstić information content (AvgIpc) is 2.91. The van der Waals surface area contributed by atoms with Crippen molar-refractivity contribution in [3.05, 3.63) is 53.8 Å². The van der Waals surface area contributed by atoms with Crippen LogP contribution in [-0.2, 0) is 6.42 Å². The largest absolute Gasteiger partial charge is 0.338 e. The minimum absolute atomic E-state index is 0.294. The summed E-state index contributed by atoms with van der Waals surface area (Å²) in [7, 11) is 1.93. The molecule has 102 valence electrons. The number of imidazole rings is 1. The van der Waals surface area contributed by atoms with Crippen LogP contribution in [0, 0.1) is 5.82 Å². The zero-order chi connectivity index (χ0) is 13.9. The number of hydrogen-bond acceptors (Lipinski definition) is 2. The fourth-order valence-corrected chi connectivity index (χ4v) is 2.35. The summed E-state index contributed by atoms with van der Waals surface area (Å²) in [5.41, 5.74) is 3.34. The SMILES string of the molecule is CNCCc1ccccc1-c1nc2c(F)cccc2[nH]1. The van der Waals surface area contributed by atoms with Crippen LogP contribution in [0.1, 0.15) is 5.56 Å². The van der Waals surface area contributed by atoms with Gasteiger partial charge < -0.3 is 10.3 Å². The lowest BCUT2D eigenvalue weighted by atomic mass is 10.0. The third-order valence-electron chi connectivity index (χ3n) is 3.38. The molecule has 3 aromatic rings. The molecule has 1 heterocycles. The van der Waals surface area contributed by atoms with E-state index in [-0.39, 0.29) is 5.82 Å². The highest BCUT2D eigenvalue weighted by Crippen LogP contribution is 2.25. The van der Waals surface area contributed by atoms with Crippen LogP contribution in [0.4, 0.5) is 4.39 Å². The summed E-state index contributed by atoms with van der Waals surface area (Å²) < 4.78 is 13.7. The van der Waals surface area contributed by atoms with Gasteiger partial charge in [-0.2, -0.15) is 0 Å². The van der Waals surface area contributed by atoms with Gasteiger partial charge in [-0.05, 0) is 37.7 Å². The first kappa shape index (κ1) is 12.8. The summed E-state index contributed by atoms with van der Waals surface area (Å²) in [6.07, 6.45) is 0.909. The summed E-state index contributed by atoms with van der Waals surface area (Å²) in [5.74, 6) is 0.425. The maximum absolute atomic E-state index is 13.7. The first-order valence-corrected chi connectivity index (χ1v) is 6.66. The Morgan fingerprint density at radius 3 is 2.80 bits per heavy atom. The summed E-state index contributed by atoms with van der Waals surface area (Å²) in [5, 5.41) is 3.14. The lowest BCUT2D eigenvalue weighted by molar-refractivity contribution is 0.637. The molecule has 0 fully saturated rings.